The second-order valence-corrected chi connectivity index (χ2v) is 9.54. The quantitative estimate of drug-likeness (QED) is 0.450. The van der Waals surface area contributed by atoms with Gasteiger partial charge in [-0.2, -0.15) is 0 Å². The number of hydrogen-bond acceptors (Lipinski definition) is 6. The number of carbonyl (C=O) groups excluding carboxylic acids is 1. The second kappa shape index (κ2) is 10.6. The summed E-state index contributed by atoms with van der Waals surface area (Å²) in [4.78, 5) is 23.7. The molecule has 0 N–H and O–H groups in total. The lowest BCUT2D eigenvalue weighted by Crippen LogP contribution is -2.39. The number of benzene rings is 2. The normalized spacial score (nSPS) is 14.8. The van der Waals surface area contributed by atoms with Crippen molar-refractivity contribution < 1.29 is 9.53 Å². The van der Waals surface area contributed by atoms with Crippen molar-refractivity contribution in [1.82, 2.24) is 9.88 Å². The summed E-state index contributed by atoms with van der Waals surface area (Å²) in [6.07, 6.45) is 3.93. The molecule has 1 saturated heterocycles. The first-order valence-electron chi connectivity index (χ1n) is 10.8. The van der Waals surface area contributed by atoms with Crippen LogP contribution in [0.4, 0.5) is 5.13 Å². The summed E-state index contributed by atoms with van der Waals surface area (Å²) in [6.45, 7) is 7.28. The highest BCUT2D eigenvalue weighted by molar-refractivity contribution is 7.98. The van der Waals surface area contributed by atoms with Gasteiger partial charge in [0.2, 0.25) is 0 Å². The Morgan fingerprint density at radius 2 is 2.06 bits per heavy atom. The van der Waals surface area contributed by atoms with E-state index in [9.17, 15) is 4.79 Å². The molecule has 0 unspecified atom stereocenters. The third-order valence-corrected chi connectivity index (χ3v) is 7.37. The molecule has 0 aliphatic carbocycles. The second-order valence-electron chi connectivity index (χ2n) is 7.65. The third kappa shape index (κ3) is 5.47. The highest BCUT2D eigenvalue weighted by Crippen LogP contribution is 2.31. The highest BCUT2D eigenvalue weighted by Gasteiger charge is 2.22. The van der Waals surface area contributed by atoms with E-state index in [-0.39, 0.29) is 5.91 Å². The minimum atomic E-state index is 0.0210. The van der Waals surface area contributed by atoms with Crippen LogP contribution < -0.4 is 4.90 Å². The first kappa shape index (κ1) is 22.3. The molecule has 0 bridgehead atoms. The van der Waals surface area contributed by atoms with E-state index >= 15 is 0 Å². The van der Waals surface area contributed by atoms with Crippen LogP contribution in [0.15, 0.2) is 47.4 Å². The molecule has 1 aromatic heterocycles. The summed E-state index contributed by atoms with van der Waals surface area (Å²) < 4.78 is 6.59. The maximum absolute atomic E-state index is 13.5. The molecule has 0 saturated carbocycles. The van der Waals surface area contributed by atoms with Crippen LogP contribution in [0.1, 0.15) is 29.3 Å². The topological polar surface area (TPSA) is 45.7 Å². The lowest BCUT2D eigenvalue weighted by atomic mass is 10.2. The van der Waals surface area contributed by atoms with Crippen LogP contribution in [-0.4, -0.2) is 61.4 Å². The fourth-order valence-electron chi connectivity index (χ4n) is 3.77. The summed E-state index contributed by atoms with van der Waals surface area (Å²) in [5.41, 5.74) is 2.97. The molecular formula is C24H29N3O2S2. The summed E-state index contributed by atoms with van der Waals surface area (Å²) in [6, 6.07) is 14.3. The Morgan fingerprint density at radius 3 is 2.84 bits per heavy atom. The number of nitrogens with zero attached hydrogens (tertiary/aromatic N) is 3. The largest absolute Gasteiger partial charge is 0.379 e. The zero-order chi connectivity index (χ0) is 21.6. The van der Waals surface area contributed by atoms with Gasteiger partial charge in [0.05, 0.1) is 23.4 Å². The van der Waals surface area contributed by atoms with Gasteiger partial charge < -0.3 is 4.74 Å². The standard InChI is InChI=1S/C24H29N3O2S2/c1-3-18-8-9-21-22(16-18)31-24(25-21)27(11-5-10-26-12-14-29-15-13-26)23(28)19-6-4-7-20(17-19)30-2/h4,6-9,16-17H,3,5,10-15H2,1-2H3. The first-order chi connectivity index (χ1) is 15.2. The van der Waals surface area contributed by atoms with E-state index in [1.54, 1.807) is 23.1 Å². The zero-order valence-electron chi connectivity index (χ0n) is 18.2. The maximum atomic E-state index is 13.5. The highest BCUT2D eigenvalue weighted by atomic mass is 32.2. The predicted molar refractivity (Wildman–Crippen MR) is 131 cm³/mol. The minimum Gasteiger partial charge on any atom is -0.379 e. The first-order valence-corrected chi connectivity index (χ1v) is 12.9. The Hall–Kier alpha value is -1.93. The van der Waals surface area contributed by atoms with Crippen molar-refractivity contribution in [2.45, 2.75) is 24.7 Å². The number of carbonyl (C=O) groups is 1. The lowest BCUT2D eigenvalue weighted by Gasteiger charge is -2.27. The van der Waals surface area contributed by atoms with Crippen molar-refractivity contribution in [2.24, 2.45) is 0 Å². The predicted octanol–water partition coefficient (Wildman–Crippen LogP) is 4.95. The molecule has 2 aromatic carbocycles. The number of fused-ring (bicyclic) bond motifs is 1. The molecule has 2 heterocycles. The summed E-state index contributed by atoms with van der Waals surface area (Å²) in [5, 5.41) is 0.782. The number of rotatable bonds is 8. The van der Waals surface area contributed by atoms with E-state index in [4.69, 9.17) is 9.72 Å². The van der Waals surface area contributed by atoms with Gasteiger partial charge in [0.1, 0.15) is 0 Å². The SMILES string of the molecule is CCc1ccc2nc(N(CCCN3CCOCC3)C(=O)c3cccc(SC)c3)sc2c1. The van der Waals surface area contributed by atoms with Gasteiger partial charge in [-0.05, 0) is 55.0 Å². The van der Waals surface area contributed by atoms with Crippen molar-refractivity contribution in [2.75, 3.05) is 50.5 Å². The van der Waals surface area contributed by atoms with E-state index in [2.05, 4.69) is 30.0 Å². The van der Waals surface area contributed by atoms with E-state index in [1.807, 2.05) is 35.4 Å². The van der Waals surface area contributed by atoms with Gasteiger partial charge >= 0.3 is 0 Å². The molecule has 1 fully saturated rings. The molecule has 7 heteroatoms. The van der Waals surface area contributed by atoms with Crippen LogP contribution in [0.25, 0.3) is 10.2 Å². The molecule has 1 aliphatic rings. The van der Waals surface area contributed by atoms with Crippen molar-refractivity contribution >= 4 is 44.4 Å². The molecule has 5 nitrogen and oxygen atoms in total. The monoisotopic (exact) mass is 455 g/mol. The van der Waals surface area contributed by atoms with Crippen LogP contribution in [0, 0.1) is 0 Å². The number of amides is 1. The average Bonchev–Trinajstić information content (AvgIpc) is 3.25. The molecule has 1 aliphatic heterocycles. The Labute approximate surface area is 192 Å². The van der Waals surface area contributed by atoms with Gasteiger partial charge in [0.25, 0.3) is 5.91 Å². The third-order valence-electron chi connectivity index (χ3n) is 5.60. The van der Waals surface area contributed by atoms with Gasteiger partial charge in [-0.25, -0.2) is 4.98 Å². The van der Waals surface area contributed by atoms with Gasteiger partial charge in [0, 0.05) is 36.6 Å². The number of aryl methyl sites for hydroxylation is 1. The van der Waals surface area contributed by atoms with Crippen LogP contribution >= 0.6 is 23.1 Å². The van der Waals surface area contributed by atoms with Gasteiger partial charge in [0.15, 0.2) is 5.13 Å². The van der Waals surface area contributed by atoms with Crippen LogP contribution in [0.5, 0.6) is 0 Å². The van der Waals surface area contributed by atoms with Crippen molar-refractivity contribution in [3.05, 3.63) is 53.6 Å². The molecule has 3 aromatic rings. The van der Waals surface area contributed by atoms with E-state index in [1.165, 1.54) is 5.56 Å². The van der Waals surface area contributed by atoms with E-state index < -0.39 is 0 Å². The molecule has 0 atom stereocenters. The number of aromatic nitrogens is 1. The Morgan fingerprint density at radius 1 is 1.23 bits per heavy atom. The molecular weight excluding hydrogens is 426 g/mol. The molecule has 1 amide bonds. The number of thiazole rings is 1. The summed E-state index contributed by atoms with van der Waals surface area (Å²) in [5.74, 6) is 0.0210. The smallest absolute Gasteiger partial charge is 0.260 e. The number of anilines is 1. The summed E-state index contributed by atoms with van der Waals surface area (Å²) in [7, 11) is 0. The molecule has 164 valence electrons. The Bertz CT molecular complexity index is 1030. The zero-order valence-corrected chi connectivity index (χ0v) is 19.8. The van der Waals surface area contributed by atoms with E-state index in [0.717, 1.165) is 65.9 Å². The van der Waals surface area contributed by atoms with Crippen molar-refractivity contribution in [1.29, 1.82) is 0 Å². The van der Waals surface area contributed by atoms with Crippen molar-refractivity contribution in [3.63, 3.8) is 0 Å². The molecule has 0 radical (unpaired) electrons. The molecule has 4 rings (SSSR count). The molecule has 31 heavy (non-hydrogen) atoms. The van der Waals surface area contributed by atoms with Crippen molar-refractivity contribution in [3.8, 4) is 0 Å². The van der Waals surface area contributed by atoms with Crippen LogP contribution in [-0.2, 0) is 11.2 Å². The average molecular weight is 456 g/mol. The van der Waals surface area contributed by atoms with Gasteiger partial charge in [-0.15, -0.1) is 11.8 Å². The van der Waals surface area contributed by atoms with Crippen LogP contribution in [0.3, 0.4) is 0 Å². The lowest BCUT2D eigenvalue weighted by molar-refractivity contribution is 0.0376. The Kier molecular flexibility index (Phi) is 7.61. The number of ether oxygens (including phenoxy) is 1. The van der Waals surface area contributed by atoms with E-state index in [0.29, 0.717) is 12.1 Å². The number of thioether (sulfide) groups is 1. The molecule has 0 spiro atoms. The Balaban J connectivity index is 1.58. The summed E-state index contributed by atoms with van der Waals surface area (Å²) >= 11 is 3.26. The number of morpholine rings is 1. The fourth-order valence-corrected chi connectivity index (χ4v) is 5.28. The van der Waals surface area contributed by atoms with Crippen LogP contribution in [0.2, 0.25) is 0 Å². The number of hydrogen-bond donors (Lipinski definition) is 0. The fraction of sp³-hybridized carbons (Fsp3) is 0.417. The van der Waals surface area contributed by atoms with Gasteiger partial charge in [-0.3, -0.25) is 14.6 Å². The van der Waals surface area contributed by atoms with Gasteiger partial charge in [-0.1, -0.05) is 30.4 Å². The minimum absolute atomic E-state index is 0.0210. The maximum Gasteiger partial charge on any atom is 0.260 e.